The van der Waals surface area contributed by atoms with Gasteiger partial charge in [-0.3, -0.25) is 4.90 Å². The van der Waals surface area contributed by atoms with Gasteiger partial charge in [0, 0.05) is 44.8 Å². The third-order valence-corrected chi connectivity index (χ3v) is 4.35. The van der Waals surface area contributed by atoms with Crippen LogP contribution in [0.25, 0.3) is 0 Å². The van der Waals surface area contributed by atoms with E-state index in [-0.39, 0.29) is 0 Å². The molecule has 1 N–H and O–H groups in total. The first kappa shape index (κ1) is 13.3. The van der Waals surface area contributed by atoms with Crippen LogP contribution in [0.1, 0.15) is 20.3 Å². The topological polar surface area (TPSA) is 27.7 Å². The maximum absolute atomic E-state index is 5.87. The Morgan fingerprint density at radius 2 is 2.24 bits per heavy atom. The minimum atomic E-state index is 0.365. The number of hydrogen-bond donors (Lipinski definition) is 1. The summed E-state index contributed by atoms with van der Waals surface area (Å²) in [5.41, 5.74) is 0. The maximum Gasteiger partial charge on any atom is 0.0852 e. The number of piperazine rings is 1. The highest BCUT2D eigenvalue weighted by Crippen LogP contribution is 2.17. The quantitative estimate of drug-likeness (QED) is 0.773. The molecule has 3 atom stereocenters. The Morgan fingerprint density at radius 3 is 2.88 bits per heavy atom. The van der Waals surface area contributed by atoms with E-state index >= 15 is 0 Å². The highest BCUT2D eigenvalue weighted by Gasteiger charge is 2.31. The van der Waals surface area contributed by atoms with E-state index in [9.17, 15) is 0 Å². The van der Waals surface area contributed by atoms with Crippen LogP contribution in [0.4, 0.5) is 0 Å². The van der Waals surface area contributed by atoms with Crippen LogP contribution in [-0.2, 0) is 4.74 Å². The second-order valence-corrected chi connectivity index (χ2v) is 5.39. The molecule has 2 rings (SSSR count). The zero-order chi connectivity index (χ0) is 12.3. The van der Waals surface area contributed by atoms with E-state index in [2.05, 4.69) is 36.0 Å². The number of nitrogens with zero attached hydrogens (tertiary/aromatic N) is 2. The second-order valence-electron chi connectivity index (χ2n) is 5.39. The monoisotopic (exact) mass is 241 g/mol. The Morgan fingerprint density at radius 1 is 1.41 bits per heavy atom. The van der Waals surface area contributed by atoms with Crippen LogP contribution >= 0.6 is 0 Å². The van der Waals surface area contributed by atoms with Crippen molar-refractivity contribution in [2.75, 3.05) is 46.4 Å². The first-order valence-corrected chi connectivity index (χ1v) is 6.99. The van der Waals surface area contributed by atoms with Crippen LogP contribution in [0.3, 0.4) is 0 Å². The Bertz CT molecular complexity index is 231. The Hall–Kier alpha value is -0.160. The van der Waals surface area contributed by atoms with Crippen molar-refractivity contribution in [1.82, 2.24) is 15.1 Å². The van der Waals surface area contributed by atoms with Crippen molar-refractivity contribution in [3.63, 3.8) is 0 Å². The lowest BCUT2D eigenvalue weighted by Crippen LogP contribution is -2.58. The maximum atomic E-state index is 5.87. The van der Waals surface area contributed by atoms with Gasteiger partial charge in [0.2, 0.25) is 0 Å². The lowest BCUT2D eigenvalue weighted by molar-refractivity contribution is -0.0438. The van der Waals surface area contributed by atoms with Crippen LogP contribution in [0.5, 0.6) is 0 Å². The summed E-state index contributed by atoms with van der Waals surface area (Å²) in [6, 6.07) is 1.24. The molecule has 100 valence electrons. The molecule has 17 heavy (non-hydrogen) atoms. The van der Waals surface area contributed by atoms with E-state index in [0.29, 0.717) is 18.2 Å². The van der Waals surface area contributed by atoms with Gasteiger partial charge >= 0.3 is 0 Å². The van der Waals surface area contributed by atoms with E-state index in [1.54, 1.807) is 0 Å². The average molecular weight is 241 g/mol. The van der Waals surface area contributed by atoms with Crippen LogP contribution in [0.2, 0.25) is 0 Å². The number of likely N-dealkylation sites (N-methyl/N-ethyl adjacent to an activating group) is 1. The van der Waals surface area contributed by atoms with Gasteiger partial charge in [0.15, 0.2) is 0 Å². The molecular weight excluding hydrogens is 214 g/mol. The number of ether oxygens (including phenoxy) is 1. The molecule has 0 radical (unpaired) electrons. The molecule has 2 fully saturated rings. The zero-order valence-corrected chi connectivity index (χ0v) is 11.5. The molecule has 0 aliphatic carbocycles. The molecule has 0 bridgehead atoms. The van der Waals surface area contributed by atoms with Crippen molar-refractivity contribution in [3.8, 4) is 0 Å². The van der Waals surface area contributed by atoms with Crippen molar-refractivity contribution in [1.29, 1.82) is 0 Å². The van der Waals surface area contributed by atoms with Crippen molar-refractivity contribution >= 4 is 0 Å². The highest BCUT2D eigenvalue weighted by molar-refractivity contribution is 4.87. The third-order valence-electron chi connectivity index (χ3n) is 4.35. The predicted molar refractivity (Wildman–Crippen MR) is 70.4 cm³/mol. The van der Waals surface area contributed by atoms with Crippen LogP contribution in [0, 0.1) is 0 Å². The SMILES string of the molecule is CCC1CN(C(C)C2CNCCO2)CCN1C. The van der Waals surface area contributed by atoms with Crippen molar-refractivity contribution in [2.24, 2.45) is 0 Å². The summed E-state index contributed by atoms with van der Waals surface area (Å²) in [7, 11) is 2.24. The predicted octanol–water partition coefficient (Wildman–Crippen LogP) is 0.389. The van der Waals surface area contributed by atoms with Crippen LogP contribution in [0.15, 0.2) is 0 Å². The van der Waals surface area contributed by atoms with E-state index in [1.165, 1.54) is 26.1 Å². The summed E-state index contributed by atoms with van der Waals surface area (Å²) in [5, 5.41) is 3.43. The summed E-state index contributed by atoms with van der Waals surface area (Å²) in [5.74, 6) is 0. The van der Waals surface area contributed by atoms with Crippen molar-refractivity contribution in [3.05, 3.63) is 0 Å². The molecule has 0 aromatic heterocycles. The van der Waals surface area contributed by atoms with Gasteiger partial charge in [0.1, 0.15) is 0 Å². The van der Waals surface area contributed by atoms with Gasteiger partial charge in [-0.2, -0.15) is 0 Å². The second kappa shape index (κ2) is 6.14. The molecule has 2 heterocycles. The fraction of sp³-hybridized carbons (Fsp3) is 1.00. The van der Waals surface area contributed by atoms with Gasteiger partial charge in [0.25, 0.3) is 0 Å². The van der Waals surface area contributed by atoms with E-state index in [1.807, 2.05) is 0 Å². The molecule has 0 amide bonds. The molecule has 0 spiro atoms. The van der Waals surface area contributed by atoms with E-state index < -0.39 is 0 Å². The zero-order valence-electron chi connectivity index (χ0n) is 11.5. The largest absolute Gasteiger partial charge is 0.374 e. The number of morpholine rings is 1. The standard InChI is InChI=1S/C13H27N3O/c1-4-12-10-16(7-6-15(12)3)11(2)13-9-14-5-8-17-13/h11-14H,4-10H2,1-3H3. The Balaban J connectivity index is 1.88. The Kier molecular flexibility index (Phi) is 4.79. The highest BCUT2D eigenvalue weighted by atomic mass is 16.5. The smallest absolute Gasteiger partial charge is 0.0852 e. The molecule has 2 aliphatic rings. The van der Waals surface area contributed by atoms with Crippen molar-refractivity contribution in [2.45, 2.75) is 38.5 Å². The lowest BCUT2D eigenvalue weighted by Gasteiger charge is -2.44. The summed E-state index contributed by atoms with van der Waals surface area (Å²) >= 11 is 0. The summed E-state index contributed by atoms with van der Waals surface area (Å²) < 4.78 is 5.87. The van der Waals surface area contributed by atoms with Gasteiger partial charge in [-0.1, -0.05) is 6.92 Å². The normalized spacial score (nSPS) is 34.8. The summed E-state index contributed by atoms with van der Waals surface area (Å²) in [6.07, 6.45) is 1.61. The van der Waals surface area contributed by atoms with Gasteiger partial charge in [0.05, 0.1) is 12.7 Å². The molecule has 3 unspecified atom stereocenters. The molecule has 0 saturated carbocycles. The molecule has 4 nitrogen and oxygen atoms in total. The number of rotatable bonds is 3. The van der Waals surface area contributed by atoms with Crippen LogP contribution < -0.4 is 5.32 Å². The molecule has 0 aromatic carbocycles. The van der Waals surface area contributed by atoms with Gasteiger partial charge in [-0.05, 0) is 20.4 Å². The number of hydrogen-bond acceptors (Lipinski definition) is 4. The van der Waals surface area contributed by atoms with Gasteiger partial charge < -0.3 is 15.0 Å². The molecule has 2 aliphatic heterocycles. The fourth-order valence-corrected chi connectivity index (χ4v) is 2.91. The third kappa shape index (κ3) is 3.19. The fourth-order valence-electron chi connectivity index (χ4n) is 2.91. The first-order chi connectivity index (χ1) is 8.22. The molecule has 4 heteroatoms. The van der Waals surface area contributed by atoms with E-state index in [4.69, 9.17) is 4.74 Å². The summed E-state index contributed by atoms with van der Waals surface area (Å²) in [4.78, 5) is 5.09. The Labute approximate surface area is 105 Å². The first-order valence-electron chi connectivity index (χ1n) is 6.99. The summed E-state index contributed by atoms with van der Waals surface area (Å²) in [6.45, 7) is 11.0. The average Bonchev–Trinajstić information content (AvgIpc) is 2.39. The van der Waals surface area contributed by atoms with Crippen LogP contribution in [-0.4, -0.2) is 74.4 Å². The minimum absolute atomic E-state index is 0.365. The lowest BCUT2D eigenvalue weighted by atomic mass is 10.0. The molecule has 2 saturated heterocycles. The molecule has 0 aromatic rings. The van der Waals surface area contributed by atoms with Gasteiger partial charge in [-0.25, -0.2) is 0 Å². The number of nitrogens with one attached hydrogen (secondary N) is 1. The molecular formula is C13H27N3O. The minimum Gasteiger partial charge on any atom is -0.374 e. The van der Waals surface area contributed by atoms with Crippen molar-refractivity contribution < 1.29 is 4.74 Å². The van der Waals surface area contributed by atoms with E-state index in [0.717, 1.165) is 19.7 Å². The van der Waals surface area contributed by atoms with Gasteiger partial charge in [-0.15, -0.1) is 0 Å².